The monoisotopic (exact) mass is 722 g/mol. The SMILES string of the molecule is CCCCC/C=C\C/C=C\CCCCCCCCCCCC(=O)NC(COC1OC(CO)C(O)C(O)C1O)C(O)/C=C/CC/C=C/CCCCC. The molecule has 1 aliphatic heterocycles. The Balaban J connectivity index is 2.36. The first-order valence-corrected chi connectivity index (χ1v) is 20.4. The van der Waals surface area contributed by atoms with Gasteiger partial charge in [0, 0.05) is 6.42 Å². The van der Waals surface area contributed by atoms with E-state index in [1.54, 1.807) is 6.08 Å². The van der Waals surface area contributed by atoms with Gasteiger partial charge in [-0.15, -0.1) is 0 Å². The minimum atomic E-state index is -1.57. The lowest BCUT2D eigenvalue weighted by molar-refractivity contribution is -0.302. The van der Waals surface area contributed by atoms with Crippen molar-refractivity contribution in [2.75, 3.05) is 13.2 Å². The number of carbonyl (C=O) groups excluding carboxylic acids is 1. The molecule has 1 heterocycles. The summed E-state index contributed by atoms with van der Waals surface area (Å²) in [5, 5.41) is 53.8. The number of allylic oxidation sites excluding steroid dienone is 7. The van der Waals surface area contributed by atoms with Crippen LogP contribution in [0.2, 0.25) is 0 Å². The average molecular weight is 722 g/mol. The summed E-state index contributed by atoms with van der Waals surface area (Å²) in [6, 6.07) is -0.821. The van der Waals surface area contributed by atoms with E-state index in [4.69, 9.17) is 9.47 Å². The molecule has 0 aromatic heterocycles. The largest absolute Gasteiger partial charge is 0.394 e. The number of unbranched alkanes of at least 4 members (excludes halogenated alkanes) is 16. The van der Waals surface area contributed by atoms with Gasteiger partial charge in [0.2, 0.25) is 5.91 Å². The van der Waals surface area contributed by atoms with Crippen LogP contribution in [0.3, 0.4) is 0 Å². The van der Waals surface area contributed by atoms with E-state index in [0.29, 0.717) is 6.42 Å². The van der Waals surface area contributed by atoms with Gasteiger partial charge in [0.1, 0.15) is 24.4 Å². The first kappa shape index (κ1) is 47.2. The molecule has 7 atom stereocenters. The van der Waals surface area contributed by atoms with Crippen molar-refractivity contribution >= 4 is 5.91 Å². The third-order valence-corrected chi connectivity index (χ3v) is 9.38. The maximum Gasteiger partial charge on any atom is 0.220 e. The van der Waals surface area contributed by atoms with Crippen molar-refractivity contribution in [3.8, 4) is 0 Å². The average Bonchev–Trinajstić information content (AvgIpc) is 3.13. The number of amides is 1. The normalized spacial score (nSPS) is 22.5. The van der Waals surface area contributed by atoms with Gasteiger partial charge in [-0.25, -0.2) is 0 Å². The quantitative estimate of drug-likeness (QED) is 0.0309. The summed E-state index contributed by atoms with van der Waals surface area (Å²) in [7, 11) is 0. The zero-order chi connectivity index (χ0) is 37.4. The second kappa shape index (κ2) is 32.8. The molecule has 0 aromatic carbocycles. The van der Waals surface area contributed by atoms with E-state index in [1.165, 1.54) is 83.5 Å². The standard InChI is InChI=1S/C42H75NO8/c1-3-5-7-9-11-13-14-15-16-17-18-19-20-21-22-24-26-28-30-32-38(46)43-35(36(45)31-29-27-25-23-12-10-8-6-4-2)34-50-42-41(49)40(48)39(47)37(33-44)51-42/h11-13,15-16,23,29,31,35-37,39-42,44-45,47-49H,3-10,14,17-22,24-28,30,32-34H2,1-2H3,(H,43,46)/b13-11-,16-15-,23-12+,31-29+. The van der Waals surface area contributed by atoms with Gasteiger partial charge in [-0.05, 0) is 64.2 Å². The van der Waals surface area contributed by atoms with E-state index < -0.39 is 49.5 Å². The summed E-state index contributed by atoms with van der Waals surface area (Å²) in [5.41, 5.74) is 0. The number of rotatable bonds is 32. The highest BCUT2D eigenvalue weighted by atomic mass is 16.7. The molecule has 51 heavy (non-hydrogen) atoms. The Morgan fingerprint density at radius 3 is 1.76 bits per heavy atom. The molecule has 6 N–H and O–H groups in total. The molecule has 9 nitrogen and oxygen atoms in total. The zero-order valence-electron chi connectivity index (χ0n) is 32.1. The maximum atomic E-state index is 12.9. The fourth-order valence-electron chi connectivity index (χ4n) is 6.02. The lowest BCUT2D eigenvalue weighted by atomic mass is 9.99. The van der Waals surface area contributed by atoms with Gasteiger partial charge in [0.05, 0.1) is 25.4 Å². The van der Waals surface area contributed by atoms with Crippen molar-refractivity contribution in [2.24, 2.45) is 0 Å². The third-order valence-electron chi connectivity index (χ3n) is 9.38. The molecule has 0 radical (unpaired) electrons. The van der Waals surface area contributed by atoms with Crippen molar-refractivity contribution in [2.45, 2.75) is 198 Å². The summed E-state index contributed by atoms with van der Waals surface area (Å²) in [4.78, 5) is 12.9. The molecule has 1 fully saturated rings. The van der Waals surface area contributed by atoms with Gasteiger partial charge in [0.25, 0.3) is 0 Å². The molecule has 0 aromatic rings. The summed E-state index contributed by atoms with van der Waals surface area (Å²) < 4.78 is 11.1. The molecule has 7 unspecified atom stereocenters. The van der Waals surface area contributed by atoms with Gasteiger partial charge in [-0.3, -0.25) is 4.79 Å². The van der Waals surface area contributed by atoms with Crippen LogP contribution in [0.4, 0.5) is 0 Å². The second-order valence-corrected chi connectivity index (χ2v) is 14.1. The van der Waals surface area contributed by atoms with Crippen molar-refractivity contribution in [3.63, 3.8) is 0 Å². The number of hydrogen-bond donors (Lipinski definition) is 6. The van der Waals surface area contributed by atoms with Crippen LogP contribution in [-0.2, 0) is 14.3 Å². The first-order chi connectivity index (χ1) is 24.8. The topological polar surface area (TPSA) is 149 Å². The highest BCUT2D eigenvalue weighted by molar-refractivity contribution is 5.76. The molecule has 1 saturated heterocycles. The molecular weight excluding hydrogens is 646 g/mol. The predicted molar refractivity (Wildman–Crippen MR) is 207 cm³/mol. The summed E-state index contributed by atoms with van der Waals surface area (Å²) in [5.74, 6) is -0.197. The molecular formula is C42H75NO8. The maximum absolute atomic E-state index is 12.9. The Morgan fingerprint density at radius 1 is 0.667 bits per heavy atom. The van der Waals surface area contributed by atoms with Gasteiger partial charge >= 0.3 is 0 Å². The molecule has 0 aliphatic carbocycles. The van der Waals surface area contributed by atoms with Crippen LogP contribution in [0, 0.1) is 0 Å². The van der Waals surface area contributed by atoms with Crippen LogP contribution in [0.15, 0.2) is 48.6 Å². The number of ether oxygens (including phenoxy) is 2. The first-order valence-electron chi connectivity index (χ1n) is 20.4. The van der Waals surface area contributed by atoms with Crippen LogP contribution < -0.4 is 5.32 Å². The van der Waals surface area contributed by atoms with E-state index in [0.717, 1.165) is 51.4 Å². The van der Waals surface area contributed by atoms with Gasteiger partial charge in [-0.2, -0.15) is 0 Å². The summed E-state index contributed by atoms with van der Waals surface area (Å²) >= 11 is 0. The third kappa shape index (κ3) is 24.2. The van der Waals surface area contributed by atoms with Crippen LogP contribution in [0.5, 0.6) is 0 Å². The number of nitrogens with one attached hydrogen (secondary N) is 1. The molecule has 9 heteroatoms. The van der Waals surface area contributed by atoms with E-state index in [2.05, 4.69) is 55.6 Å². The molecule has 1 rings (SSSR count). The molecule has 1 aliphatic rings. The molecule has 0 saturated carbocycles. The van der Waals surface area contributed by atoms with Gasteiger partial charge in [0.15, 0.2) is 6.29 Å². The lowest BCUT2D eigenvalue weighted by Gasteiger charge is -2.40. The highest BCUT2D eigenvalue weighted by Gasteiger charge is 2.44. The molecule has 296 valence electrons. The predicted octanol–water partition coefficient (Wildman–Crippen LogP) is 7.50. The fraction of sp³-hybridized carbons (Fsp3) is 0.786. The van der Waals surface area contributed by atoms with Gasteiger partial charge in [-0.1, -0.05) is 133 Å². The van der Waals surface area contributed by atoms with Crippen LogP contribution in [0.1, 0.15) is 155 Å². The van der Waals surface area contributed by atoms with E-state index in [1.807, 2.05) is 6.08 Å². The lowest BCUT2D eigenvalue weighted by Crippen LogP contribution is -2.60. The number of carbonyl (C=O) groups is 1. The Hall–Kier alpha value is -1.85. The zero-order valence-corrected chi connectivity index (χ0v) is 32.1. The number of hydrogen-bond acceptors (Lipinski definition) is 8. The Kier molecular flexibility index (Phi) is 30.3. The van der Waals surface area contributed by atoms with Gasteiger partial charge < -0.3 is 40.3 Å². The minimum Gasteiger partial charge on any atom is -0.394 e. The van der Waals surface area contributed by atoms with Crippen molar-refractivity contribution in [3.05, 3.63) is 48.6 Å². The Labute approximate surface area is 310 Å². The molecule has 0 spiro atoms. The van der Waals surface area contributed by atoms with Crippen molar-refractivity contribution in [1.82, 2.24) is 5.32 Å². The van der Waals surface area contributed by atoms with E-state index in [-0.39, 0.29) is 12.5 Å². The number of aliphatic hydroxyl groups is 5. The number of aliphatic hydroxyl groups excluding tert-OH is 5. The van der Waals surface area contributed by atoms with E-state index >= 15 is 0 Å². The van der Waals surface area contributed by atoms with E-state index in [9.17, 15) is 30.3 Å². The molecule has 1 amide bonds. The van der Waals surface area contributed by atoms with Crippen molar-refractivity contribution in [1.29, 1.82) is 0 Å². The Bertz CT molecular complexity index is 936. The second-order valence-electron chi connectivity index (χ2n) is 14.1. The van der Waals surface area contributed by atoms with Crippen LogP contribution >= 0.6 is 0 Å². The van der Waals surface area contributed by atoms with Crippen LogP contribution in [0.25, 0.3) is 0 Å². The fourth-order valence-corrected chi connectivity index (χ4v) is 6.02. The smallest absolute Gasteiger partial charge is 0.220 e. The molecule has 0 bridgehead atoms. The summed E-state index contributed by atoms with van der Waals surface area (Å²) in [6.45, 7) is 3.65. The summed E-state index contributed by atoms with van der Waals surface area (Å²) in [6.07, 6.45) is 33.1. The minimum absolute atomic E-state index is 0.197. The highest BCUT2D eigenvalue weighted by Crippen LogP contribution is 2.22. The Morgan fingerprint density at radius 2 is 1.18 bits per heavy atom. The van der Waals surface area contributed by atoms with Crippen molar-refractivity contribution < 1.29 is 39.8 Å². The van der Waals surface area contributed by atoms with Crippen LogP contribution in [-0.4, -0.2) is 87.5 Å².